The summed E-state index contributed by atoms with van der Waals surface area (Å²) in [6.07, 6.45) is 1.19. The minimum absolute atomic E-state index is 0.0867. The van der Waals surface area contributed by atoms with Gasteiger partial charge in [0, 0.05) is 17.0 Å². The number of rotatable bonds is 4. The highest BCUT2D eigenvalue weighted by molar-refractivity contribution is 14.1. The van der Waals surface area contributed by atoms with Crippen LogP contribution in [0.4, 0.5) is 13.2 Å². The molecule has 0 radical (unpaired) electrons. The molecule has 96 valence electrons. The quantitative estimate of drug-likeness (QED) is 0.314. The van der Waals surface area contributed by atoms with Crippen LogP contribution in [0.25, 0.3) is 0 Å². The normalized spacial score (nSPS) is 27.8. The minimum atomic E-state index is -4.05. The summed E-state index contributed by atoms with van der Waals surface area (Å²) in [6.45, 7) is 0.240. The Balaban J connectivity index is 2.15. The van der Waals surface area contributed by atoms with Gasteiger partial charge in [0.1, 0.15) is 0 Å². The lowest BCUT2D eigenvalue weighted by Gasteiger charge is -2.20. The van der Waals surface area contributed by atoms with Crippen molar-refractivity contribution in [1.82, 2.24) is 0 Å². The molecule has 1 fully saturated rings. The van der Waals surface area contributed by atoms with Crippen LogP contribution in [0, 0.1) is 0 Å². The van der Waals surface area contributed by atoms with Crippen LogP contribution in [-0.4, -0.2) is 22.8 Å². The predicted octanol–water partition coefficient (Wildman–Crippen LogP) is 4.48. The van der Waals surface area contributed by atoms with E-state index in [1.807, 2.05) is 0 Å². The minimum Gasteiger partial charge on any atom is -0.377 e. The van der Waals surface area contributed by atoms with Crippen molar-refractivity contribution in [2.45, 2.75) is 61.2 Å². The van der Waals surface area contributed by atoms with E-state index >= 15 is 0 Å². The maximum atomic E-state index is 11.9. The zero-order valence-corrected chi connectivity index (χ0v) is 11.4. The van der Waals surface area contributed by atoms with Crippen molar-refractivity contribution in [2.24, 2.45) is 0 Å². The fraction of sp³-hybridized carbons (Fsp3) is 1.00. The monoisotopic (exact) mass is 350 g/mol. The zero-order valence-electron chi connectivity index (χ0n) is 9.23. The lowest BCUT2D eigenvalue weighted by Crippen LogP contribution is -2.23. The van der Waals surface area contributed by atoms with Crippen molar-refractivity contribution in [3.8, 4) is 0 Å². The first-order valence-corrected chi connectivity index (χ1v) is 7.06. The molecule has 0 aromatic heterocycles. The third-order valence-electron chi connectivity index (χ3n) is 2.81. The van der Waals surface area contributed by atoms with Crippen LogP contribution in [0.2, 0.25) is 0 Å². The van der Waals surface area contributed by atoms with Gasteiger partial charge in [0.05, 0.1) is 6.10 Å². The topological polar surface area (TPSA) is 9.23 Å². The van der Waals surface area contributed by atoms with Gasteiger partial charge in [0.15, 0.2) is 0 Å². The number of halogens is 4. The molecule has 0 N–H and O–H groups in total. The molecule has 0 amide bonds. The SMILES string of the molecule is FC(F)(F)CCCOC1CCCCCC1I. The van der Waals surface area contributed by atoms with Crippen LogP contribution < -0.4 is 0 Å². The molecule has 2 unspecified atom stereocenters. The summed E-state index contributed by atoms with van der Waals surface area (Å²) in [7, 11) is 0. The Morgan fingerprint density at radius 1 is 1.12 bits per heavy atom. The molecule has 0 aromatic carbocycles. The van der Waals surface area contributed by atoms with Gasteiger partial charge in [-0.1, -0.05) is 41.9 Å². The Labute approximate surface area is 108 Å². The van der Waals surface area contributed by atoms with Crippen LogP contribution >= 0.6 is 22.6 Å². The average molecular weight is 350 g/mol. The molecule has 16 heavy (non-hydrogen) atoms. The Morgan fingerprint density at radius 2 is 1.81 bits per heavy atom. The summed E-state index contributed by atoms with van der Waals surface area (Å²) < 4.78 is 41.7. The second-order valence-corrected chi connectivity index (χ2v) is 5.88. The van der Waals surface area contributed by atoms with Crippen molar-refractivity contribution in [2.75, 3.05) is 6.61 Å². The van der Waals surface area contributed by atoms with Crippen molar-refractivity contribution < 1.29 is 17.9 Å². The van der Waals surface area contributed by atoms with Gasteiger partial charge >= 0.3 is 6.18 Å². The third-order valence-corrected chi connectivity index (χ3v) is 4.23. The molecular weight excluding hydrogens is 332 g/mol. The summed E-state index contributed by atoms with van der Waals surface area (Å²) >= 11 is 2.36. The Kier molecular flexibility index (Phi) is 6.39. The molecule has 1 rings (SSSR count). The average Bonchev–Trinajstić information content (AvgIpc) is 2.37. The number of ether oxygens (including phenoxy) is 1. The highest BCUT2D eigenvalue weighted by atomic mass is 127. The zero-order chi connectivity index (χ0) is 12.0. The fourth-order valence-electron chi connectivity index (χ4n) is 1.92. The summed E-state index contributed by atoms with van der Waals surface area (Å²) in [5.74, 6) is 0. The smallest absolute Gasteiger partial charge is 0.377 e. The van der Waals surface area contributed by atoms with Gasteiger partial charge in [0.2, 0.25) is 0 Å². The first-order chi connectivity index (χ1) is 7.49. The molecule has 1 aliphatic carbocycles. The molecule has 2 atom stereocenters. The molecule has 0 bridgehead atoms. The van der Waals surface area contributed by atoms with Gasteiger partial charge in [0.25, 0.3) is 0 Å². The summed E-state index contributed by atoms with van der Waals surface area (Å²) in [5, 5.41) is 0. The van der Waals surface area contributed by atoms with E-state index in [1.165, 1.54) is 12.8 Å². The van der Waals surface area contributed by atoms with Gasteiger partial charge in [-0.2, -0.15) is 13.2 Å². The molecule has 0 aliphatic heterocycles. The number of hydrogen-bond acceptors (Lipinski definition) is 1. The highest BCUT2D eigenvalue weighted by Gasteiger charge is 2.27. The fourth-order valence-corrected chi connectivity index (χ4v) is 2.93. The first-order valence-electron chi connectivity index (χ1n) is 5.81. The van der Waals surface area contributed by atoms with E-state index in [4.69, 9.17) is 4.74 Å². The summed E-state index contributed by atoms with van der Waals surface area (Å²) in [5.41, 5.74) is 0. The van der Waals surface area contributed by atoms with Crippen LogP contribution in [0.5, 0.6) is 0 Å². The number of alkyl halides is 4. The van der Waals surface area contributed by atoms with Crippen molar-refractivity contribution in [1.29, 1.82) is 0 Å². The molecule has 0 spiro atoms. The Bertz CT molecular complexity index is 196. The molecule has 1 nitrogen and oxygen atoms in total. The van der Waals surface area contributed by atoms with Crippen LogP contribution in [-0.2, 0) is 4.74 Å². The lowest BCUT2D eigenvalue weighted by atomic mass is 10.1. The molecule has 0 heterocycles. The highest BCUT2D eigenvalue weighted by Crippen LogP contribution is 2.27. The molecule has 0 saturated heterocycles. The second kappa shape index (κ2) is 7.03. The van der Waals surface area contributed by atoms with E-state index in [2.05, 4.69) is 22.6 Å². The lowest BCUT2D eigenvalue weighted by molar-refractivity contribution is -0.138. The molecule has 5 heteroatoms. The largest absolute Gasteiger partial charge is 0.389 e. The standard InChI is InChI=1S/C11H18F3IO/c12-11(13,14)7-4-8-16-10-6-3-1-2-5-9(10)15/h9-10H,1-8H2. The van der Waals surface area contributed by atoms with Crippen LogP contribution in [0.15, 0.2) is 0 Å². The van der Waals surface area contributed by atoms with Crippen LogP contribution in [0.3, 0.4) is 0 Å². The second-order valence-electron chi connectivity index (χ2n) is 4.28. The van der Waals surface area contributed by atoms with Gasteiger partial charge < -0.3 is 4.74 Å². The van der Waals surface area contributed by atoms with E-state index in [0.29, 0.717) is 3.92 Å². The third kappa shape index (κ3) is 6.27. The van der Waals surface area contributed by atoms with Crippen molar-refractivity contribution in [3.63, 3.8) is 0 Å². The summed E-state index contributed by atoms with van der Waals surface area (Å²) in [6, 6.07) is 0. The van der Waals surface area contributed by atoms with Gasteiger partial charge in [-0.25, -0.2) is 0 Å². The molecular formula is C11H18F3IO. The summed E-state index contributed by atoms with van der Waals surface area (Å²) in [4.78, 5) is 0. The first kappa shape index (κ1) is 14.5. The predicted molar refractivity (Wildman–Crippen MR) is 65.9 cm³/mol. The number of hydrogen-bond donors (Lipinski definition) is 0. The van der Waals surface area contributed by atoms with E-state index in [9.17, 15) is 13.2 Å². The van der Waals surface area contributed by atoms with E-state index in [-0.39, 0.29) is 19.1 Å². The maximum Gasteiger partial charge on any atom is 0.389 e. The molecule has 1 saturated carbocycles. The van der Waals surface area contributed by atoms with E-state index in [0.717, 1.165) is 19.3 Å². The molecule has 0 aromatic rings. The van der Waals surface area contributed by atoms with Crippen LogP contribution in [0.1, 0.15) is 44.9 Å². The van der Waals surface area contributed by atoms with E-state index < -0.39 is 12.6 Å². The Morgan fingerprint density at radius 3 is 2.50 bits per heavy atom. The Hall–Kier alpha value is 0.480. The van der Waals surface area contributed by atoms with Gasteiger partial charge in [-0.05, 0) is 19.3 Å². The van der Waals surface area contributed by atoms with Gasteiger partial charge in [-0.15, -0.1) is 0 Å². The van der Waals surface area contributed by atoms with Gasteiger partial charge in [-0.3, -0.25) is 0 Å². The van der Waals surface area contributed by atoms with Crippen molar-refractivity contribution >= 4 is 22.6 Å². The maximum absolute atomic E-state index is 11.9. The molecule has 1 aliphatic rings. The van der Waals surface area contributed by atoms with Crippen molar-refractivity contribution in [3.05, 3.63) is 0 Å². The van der Waals surface area contributed by atoms with E-state index in [1.54, 1.807) is 0 Å².